The standard InChI is InChI=1S/C13H28N2OS/c1-11(2)7-15-5-6-16-13(10-15)9-14(4)8-12(3)17/h11-13,17H,5-10H2,1-4H3/t12?,13-/m1/s1. The molecule has 0 aromatic heterocycles. The number of morpholine rings is 1. The van der Waals surface area contributed by atoms with Crippen molar-refractivity contribution < 1.29 is 4.74 Å². The van der Waals surface area contributed by atoms with E-state index in [1.807, 2.05) is 0 Å². The Bertz CT molecular complexity index is 210. The molecule has 2 atom stereocenters. The molecule has 1 unspecified atom stereocenters. The van der Waals surface area contributed by atoms with Crippen LogP contribution in [0.2, 0.25) is 0 Å². The van der Waals surface area contributed by atoms with Gasteiger partial charge in [-0.2, -0.15) is 12.6 Å². The van der Waals surface area contributed by atoms with E-state index < -0.39 is 0 Å². The van der Waals surface area contributed by atoms with Crippen LogP contribution in [0.5, 0.6) is 0 Å². The summed E-state index contributed by atoms with van der Waals surface area (Å²) in [5.41, 5.74) is 0. The van der Waals surface area contributed by atoms with Crippen LogP contribution in [0.1, 0.15) is 20.8 Å². The molecule has 1 aliphatic rings. The van der Waals surface area contributed by atoms with Gasteiger partial charge in [0, 0.05) is 38.0 Å². The number of hydrogen-bond donors (Lipinski definition) is 1. The van der Waals surface area contributed by atoms with E-state index in [-0.39, 0.29) is 0 Å². The first-order chi connectivity index (χ1) is 7.97. The first kappa shape index (κ1) is 15.3. The van der Waals surface area contributed by atoms with Gasteiger partial charge in [0.1, 0.15) is 0 Å². The van der Waals surface area contributed by atoms with E-state index in [1.165, 1.54) is 6.54 Å². The van der Waals surface area contributed by atoms with E-state index in [1.54, 1.807) is 0 Å². The minimum atomic E-state index is 0.361. The molecular weight excluding hydrogens is 232 g/mol. The molecule has 1 fully saturated rings. The van der Waals surface area contributed by atoms with Gasteiger partial charge in [0.05, 0.1) is 12.7 Å². The number of hydrogen-bond acceptors (Lipinski definition) is 4. The molecule has 102 valence electrons. The van der Waals surface area contributed by atoms with Gasteiger partial charge in [-0.3, -0.25) is 4.90 Å². The van der Waals surface area contributed by atoms with Crippen LogP contribution in [0, 0.1) is 5.92 Å². The van der Waals surface area contributed by atoms with Crippen LogP contribution in [-0.2, 0) is 4.74 Å². The Labute approximate surface area is 112 Å². The molecule has 0 aromatic carbocycles. The van der Waals surface area contributed by atoms with Crippen molar-refractivity contribution in [2.24, 2.45) is 5.92 Å². The van der Waals surface area contributed by atoms with Crippen molar-refractivity contribution >= 4 is 12.6 Å². The molecule has 0 aliphatic carbocycles. The number of ether oxygens (including phenoxy) is 1. The zero-order valence-corrected chi connectivity index (χ0v) is 12.6. The highest BCUT2D eigenvalue weighted by molar-refractivity contribution is 7.80. The second kappa shape index (κ2) is 7.62. The third-order valence-corrected chi connectivity index (χ3v) is 3.10. The number of rotatable bonds is 6. The summed E-state index contributed by atoms with van der Waals surface area (Å²) >= 11 is 4.43. The van der Waals surface area contributed by atoms with Gasteiger partial charge in [-0.05, 0) is 13.0 Å². The molecular formula is C13H28N2OS. The average molecular weight is 260 g/mol. The molecule has 0 spiro atoms. The average Bonchev–Trinajstić information content (AvgIpc) is 2.14. The Hall–Kier alpha value is 0.230. The van der Waals surface area contributed by atoms with Crippen LogP contribution in [0.25, 0.3) is 0 Å². The minimum absolute atomic E-state index is 0.361. The van der Waals surface area contributed by atoms with Gasteiger partial charge in [-0.15, -0.1) is 0 Å². The number of nitrogens with zero attached hydrogens (tertiary/aromatic N) is 2. The van der Waals surface area contributed by atoms with Crippen LogP contribution in [0.4, 0.5) is 0 Å². The van der Waals surface area contributed by atoms with Crippen molar-refractivity contribution in [1.82, 2.24) is 9.80 Å². The van der Waals surface area contributed by atoms with E-state index >= 15 is 0 Å². The highest BCUT2D eigenvalue weighted by Crippen LogP contribution is 2.09. The fourth-order valence-electron chi connectivity index (χ4n) is 2.45. The summed E-state index contributed by atoms with van der Waals surface area (Å²) in [6, 6.07) is 0. The predicted octanol–water partition coefficient (Wildman–Crippen LogP) is 1.59. The van der Waals surface area contributed by atoms with Crippen molar-refractivity contribution in [1.29, 1.82) is 0 Å². The second-order valence-corrected chi connectivity index (χ2v) is 6.60. The lowest BCUT2D eigenvalue weighted by Gasteiger charge is -2.35. The first-order valence-electron chi connectivity index (χ1n) is 6.68. The van der Waals surface area contributed by atoms with Crippen LogP contribution >= 0.6 is 12.6 Å². The molecule has 1 saturated heterocycles. The van der Waals surface area contributed by atoms with E-state index in [4.69, 9.17) is 4.74 Å². The zero-order valence-electron chi connectivity index (χ0n) is 11.7. The molecule has 1 heterocycles. The second-order valence-electron chi connectivity index (χ2n) is 5.72. The number of likely N-dealkylation sites (N-methyl/N-ethyl adjacent to an activating group) is 1. The molecule has 0 saturated carbocycles. The van der Waals surface area contributed by atoms with Crippen molar-refractivity contribution in [2.45, 2.75) is 32.1 Å². The summed E-state index contributed by atoms with van der Waals surface area (Å²) in [5.74, 6) is 0.740. The van der Waals surface area contributed by atoms with Gasteiger partial charge in [0.2, 0.25) is 0 Å². The molecule has 0 radical (unpaired) electrons. The quantitative estimate of drug-likeness (QED) is 0.731. The summed E-state index contributed by atoms with van der Waals surface area (Å²) in [6.07, 6.45) is 0.361. The Kier molecular flexibility index (Phi) is 6.85. The smallest absolute Gasteiger partial charge is 0.0829 e. The van der Waals surface area contributed by atoms with Crippen molar-refractivity contribution in [3.63, 3.8) is 0 Å². The fraction of sp³-hybridized carbons (Fsp3) is 1.00. The molecule has 1 rings (SSSR count). The molecule has 0 N–H and O–H groups in total. The van der Waals surface area contributed by atoms with Crippen molar-refractivity contribution in [2.75, 3.05) is 46.4 Å². The van der Waals surface area contributed by atoms with Gasteiger partial charge in [0.15, 0.2) is 0 Å². The lowest BCUT2D eigenvalue weighted by atomic mass is 10.1. The Morgan fingerprint density at radius 3 is 2.71 bits per heavy atom. The zero-order chi connectivity index (χ0) is 12.8. The van der Waals surface area contributed by atoms with Crippen LogP contribution in [0.3, 0.4) is 0 Å². The molecule has 17 heavy (non-hydrogen) atoms. The van der Waals surface area contributed by atoms with E-state index in [0.29, 0.717) is 11.4 Å². The van der Waals surface area contributed by atoms with Crippen LogP contribution < -0.4 is 0 Å². The first-order valence-corrected chi connectivity index (χ1v) is 7.19. The Morgan fingerprint density at radius 1 is 1.41 bits per heavy atom. The molecule has 3 nitrogen and oxygen atoms in total. The lowest BCUT2D eigenvalue weighted by molar-refractivity contribution is -0.0430. The summed E-state index contributed by atoms with van der Waals surface area (Å²) < 4.78 is 5.83. The van der Waals surface area contributed by atoms with Gasteiger partial charge < -0.3 is 9.64 Å². The van der Waals surface area contributed by atoms with E-state index in [0.717, 1.165) is 38.7 Å². The maximum absolute atomic E-state index is 5.83. The molecule has 4 heteroatoms. The third-order valence-electron chi connectivity index (χ3n) is 2.94. The molecule has 0 aromatic rings. The lowest BCUT2D eigenvalue weighted by Crippen LogP contribution is -2.48. The molecule has 1 aliphatic heterocycles. The normalized spacial score (nSPS) is 24.5. The molecule has 0 amide bonds. The van der Waals surface area contributed by atoms with E-state index in [9.17, 15) is 0 Å². The van der Waals surface area contributed by atoms with Gasteiger partial charge in [-0.25, -0.2) is 0 Å². The highest BCUT2D eigenvalue weighted by atomic mass is 32.1. The summed E-state index contributed by atoms with van der Waals surface area (Å²) in [6.45, 7) is 12.9. The van der Waals surface area contributed by atoms with Gasteiger partial charge in [-0.1, -0.05) is 20.8 Å². The predicted molar refractivity (Wildman–Crippen MR) is 77.0 cm³/mol. The maximum Gasteiger partial charge on any atom is 0.0829 e. The monoisotopic (exact) mass is 260 g/mol. The minimum Gasteiger partial charge on any atom is -0.374 e. The van der Waals surface area contributed by atoms with Gasteiger partial charge in [0.25, 0.3) is 0 Å². The maximum atomic E-state index is 5.83. The largest absolute Gasteiger partial charge is 0.374 e. The third kappa shape index (κ3) is 6.65. The van der Waals surface area contributed by atoms with E-state index in [2.05, 4.69) is 50.2 Å². The topological polar surface area (TPSA) is 15.7 Å². The summed E-state index contributed by atoms with van der Waals surface area (Å²) in [5, 5.41) is 0.426. The SMILES string of the molecule is CC(C)CN1CCO[C@H](CN(C)CC(C)S)C1. The van der Waals surface area contributed by atoms with Gasteiger partial charge >= 0.3 is 0 Å². The summed E-state index contributed by atoms with van der Waals surface area (Å²) in [4.78, 5) is 4.85. The van der Waals surface area contributed by atoms with Crippen molar-refractivity contribution in [3.8, 4) is 0 Å². The number of thiol groups is 1. The highest BCUT2D eigenvalue weighted by Gasteiger charge is 2.22. The fourth-order valence-corrected chi connectivity index (χ4v) is 2.73. The Balaban J connectivity index is 2.29. The summed E-state index contributed by atoms with van der Waals surface area (Å²) in [7, 11) is 2.15. The van der Waals surface area contributed by atoms with Crippen LogP contribution in [0.15, 0.2) is 0 Å². The Morgan fingerprint density at radius 2 is 2.12 bits per heavy atom. The van der Waals surface area contributed by atoms with Crippen LogP contribution in [-0.4, -0.2) is 67.5 Å². The molecule has 0 bridgehead atoms. The van der Waals surface area contributed by atoms with Crippen molar-refractivity contribution in [3.05, 3.63) is 0 Å².